The number of hydrogen-bond donors (Lipinski definition) is 4. The van der Waals surface area contributed by atoms with Gasteiger partial charge in [0.15, 0.2) is 6.04 Å². The van der Waals surface area contributed by atoms with Gasteiger partial charge in [-0.25, -0.2) is 9.59 Å². The molecule has 4 N–H and O–H groups in total. The quantitative estimate of drug-likeness (QED) is 0.662. The lowest BCUT2D eigenvalue weighted by Crippen LogP contribution is -2.45. The lowest BCUT2D eigenvalue weighted by atomic mass is 10.2. The third-order valence-corrected chi connectivity index (χ3v) is 2.49. The predicted molar refractivity (Wildman–Crippen MR) is 66.9 cm³/mol. The van der Waals surface area contributed by atoms with Crippen LogP contribution in [0.5, 0.6) is 0 Å². The minimum atomic E-state index is -1.35. The number of anilines is 1. The molecule has 98 valence electrons. The molecular weight excluding hydrogens is 260 g/mol. The summed E-state index contributed by atoms with van der Waals surface area (Å²) >= 11 is 5.87. The largest absolute Gasteiger partial charge is 0.480 e. The fourth-order valence-corrected chi connectivity index (χ4v) is 1.40. The molecule has 0 aliphatic heterocycles. The van der Waals surface area contributed by atoms with E-state index < -0.39 is 24.6 Å². The molecule has 6 nitrogen and oxygen atoms in total. The highest BCUT2D eigenvalue weighted by molar-refractivity contribution is 6.33. The fraction of sp³-hybridized carbons (Fsp3) is 0.273. The number of rotatable bonds is 4. The van der Waals surface area contributed by atoms with Crippen LogP contribution in [0.4, 0.5) is 10.5 Å². The molecule has 1 unspecified atom stereocenters. The SMILES string of the molecule is Cc1ccc(Cl)c(NC(=O)NC(CO)C(=O)O)c1. The summed E-state index contributed by atoms with van der Waals surface area (Å²) in [5, 5.41) is 22.3. The van der Waals surface area contributed by atoms with E-state index in [-0.39, 0.29) is 0 Å². The van der Waals surface area contributed by atoms with Gasteiger partial charge in [0.05, 0.1) is 17.3 Å². The molecule has 1 rings (SSSR count). The number of amides is 2. The van der Waals surface area contributed by atoms with Gasteiger partial charge in [-0.05, 0) is 24.6 Å². The number of carbonyl (C=O) groups excluding carboxylic acids is 1. The number of carbonyl (C=O) groups is 2. The molecule has 1 atom stereocenters. The number of benzene rings is 1. The van der Waals surface area contributed by atoms with Crippen molar-refractivity contribution in [2.45, 2.75) is 13.0 Å². The first-order valence-corrected chi connectivity index (χ1v) is 5.49. The lowest BCUT2D eigenvalue weighted by Gasteiger charge is -2.13. The number of nitrogens with one attached hydrogen (secondary N) is 2. The van der Waals surface area contributed by atoms with Crippen LogP contribution in [0.1, 0.15) is 5.56 Å². The zero-order valence-electron chi connectivity index (χ0n) is 9.61. The van der Waals surface area contributed by atoms with Gasteiger partial charge in [0.1, 0.15) is 0 Å². The highest BCUT2D eigenvalue weighted by Crippen LogP contribution is 2.22. The smallest absolute Gasteiger partial charge is 0.328 e. The van der Waals surface area contributed by atoms with E-state index >= 15 is 0 Å². The van der Waals surface area contributed by atoms with Gasteiger partial charge in [0, 0.05) is 0 Å². The first-order chi connectivity index (χ1) is 8.43. The van der Waals surface area contributed by atoms with Gasteiger partial charge >= 0.3 is 12.0 Å². The van der Waals surface area contributed by atoms with E-state index in [0.29, 0.717) is 10.7 Å². The number of carboxylic acid groups (broad SMARTS) is 1. The van der Waals surface area contributed by atoms with Crippen LogP contribution in [0.25, 0.3) is 0 Å². The van der Waals surface area contributed by atoms with Crippen LogP contribution in [-0.2, 0) is 4.79 Å². The van der Waals surface area contributed by atoms with Crippen LogP contribution in [0.15, 0.2) is 18.2 Å². The third kappa shape index (κ3) is 3.90. The molecular formula is C11H13ClN2O4. The van der Waals surface area contributed by atoms with Crippen molar-refractivity contribution in [2.24, 2.45) is 0 Å². The lowest BCUT2D eigenvalue weighted by molar-refractivity contribution is -0.140. The predicted octanol–water partition coefficient (Wildman–Crippen LogP) is 1.22. The average Bonchev–Trinajstić information content (AvgIpc) is 2.30. The summed E-state index contributed by atoms with van der Waals surface area (Å²) in [4.78, 5) is 22.1. The summed E-state index contributed by atoms with van der Waals surface area (Å²) in [7, 11) is 0. The number of hydrogen-bond acceptors (Lipinski definition) is 3. The number of aliphatic carboxylic acids is 1. The summed E-state index contributed by atoms with van der Waals surface area (Å²) in [5.41, 5.74) is 1.27. The standard InChI is InChI=1S/C11H13ClN2O4/c1-6-2-3-7(12)8(4-6)13-11(18)14-9(5-15)10(16)17/h2-4,9,15H,5H2,1H3,(H,16,17)(H2,13,14,18). The Morgan fingerprint density at radius 1 is 1.44 bits per heavy atom. The van der Waals surface area contributed by atoms with Gasteiger partial charge < -0.3 is 20.8 Å². The second kappa shape index (κ2) is 6.23. The molecule has 0 aromatic heterocycles. The number of aliphatic hydroxyl groups excluding tert-OH is 1. The fourth-order valence-electron chi connectivity index (χ4n) is 1.24. The Labute approximate surface area is 109 Å². The van der Waals surface area contributed by atoms with E-state index in [1.807, 2.05) is 6.92 Å². The Morgan fingerprint density at radius 3 is 2.67 bits per heavy atom. The van der Waals surface area contributed by atoms with E-state index in [1.54, 1.807) is 18.2 Å². The highest BCUT2D eigenvalue weighted by atomic mass is 35.5. The summed E-state index contributed by atoms with van der Waals surface area (Å²) in [5.74, 6) is -1.32. The van der Waals surface area contributed by atoms with Crippen LogP contribution in [0.3, 0.4) is 0 Å². The number of urea groups is 1. The van der Waals surface area contributed by atoms with E-state index in [0.717, 1.165) is 5.56 Å². The van der Waals surface area contributed by atoms with Gasteiger partial charge in [-0.15, -0.1) is 0 Å². The van der Waals surface area contributed by atoms with Crippen molar-refractivity contribution in [3.05, 3.63) is 28.8 Å². The van der Waals surface area contributed by atoms with Crippen molar-refractivity contribution >= 4 is 29.3 Å². The Morgan fingerprint density at radius 2 is 2.11 bits per heavy atom. The van der Waals surface area contributed by atoms with Gasteiger partial charge in [-0.3, -0.25) is 0 Å². The maximum absolute atomic E-state index is 11.5. The normalized spacial score (nSPS) is 11.7. The average molecular weight is 273 g/mol. The van der Waals surface area contributed by atoms with E-state index in [2.05, 4.69) is 10.6 Å². The van der Waals surface area contributed by atoms with Crippen molar-refractivity contribution in [3.8, 4) is 0 Å². The molecule has 18 heavy (non-hydrogen) atoms. The first kappa shape index (κ1) is 14.3. The minimum absolute atomic E-state index is 0.339. The van der Waals surface area contributed by atoms with Gasteiger partial charge in [-0.2, -0.15) is 0 Å². The van der Waals surface area contributed by atoms with Crippen LogP contribution in [-0.4, -0.2) is 34.9 Å². The number of aliphatic hydroxyl groups is 1. The zero-order valence-corrected chi connectivity index (χ0v) is 10.4. The number of carboxylic acids is 1. The van der Waals surface area contributed by atoms with Crippen LogP contribution in [0, 0.1) is 6.92 Å². The van der Waals surface area contributed by atoms with E-state index in [4.69, 9.17) is 21.8 Å². The Hall–Kier alpha value is -1.79. The van der Waals surface area contributed by atoms with Crippen molar-refractivity contribution in [1.29, 1.82) is 0 Å². The monoisotopic (exact) mass is 272 g/mol. The molecule has 0 saturated heterocycles. The molecule has 0 fully saturated rings. The summed E-state index contributed by atoms with van der Waals surface area (Å²) in [6.07, 6.45) is 0. The Kier molecular flexibility index (Phi) is 4.94. The second-order valence-corrected chi connectivity index (χ2v) is 4.06. The van der Waals surface area contributed by atoms with Crippen molar-refractivity contribution in [1.82, 2.24) is 5.32 Å². The molecule has 0 saturated carbocycles. The number of aryl methyl sites for hydroxylation is 1. The van der Waals surface area contributed by atoms with Crippen molar-refractivity contribution in [3.63, 3.8) is 0 Å². The molecule has 0 radical (unpaired) electrons. The van der Waals surface area contributed by atoms with E-state index in [1.165, 1.54) is 0 Å². The summed E-state index contributed by atoms with van der Waals surface area (Å²) in [6.45, 7) is 1.14. The van der Waals surface area contributed by atoms with E-state index in [9.17, 15) is 9.59 Å². The molecule has 2 amide bonds. The summed E-state index contributed by atoms with van der Waals surface area (Å²) < 4.78 is 0. The van der Waals surface area contributed by atoms with Crippen LogP contribution >= 0.6 is 11.6 Å². The van der Waals surface area contributed by atoms with Gasteiger partial charge in [0.2, 0.25) is 0 Å². The topological polar surface area (TPSA) is 98.7 Å². The van der Waals surface area contributed by atoms with Crippen LogP contribution < -0.4 is 10.6 Å². The number of halogens is 1. The minimum Gasteiger partial charge on any atom is -0.480 e. The Bertz CT molecular complexity index is 464. The molecule has 0 spiro atoms. The molecule has 0 heterocycles. The molecule has 0 aliphatic rings. The second-order valence-electron chi connectivity index (χ2n) is 3.66. The van der Waals surface area contributed by atoms with Gasteiger partial charge in [0.25, 0.3) is 0 Å². The molecule has 0 bridgehead atoms. The third-order valence-electron chi connectivity index (χ3n) is 2.16. The molecule has 1 aromatic carbocycles. The van der Waals surface area contributed by atoms with Crippen molar-refractivity contribution in [2.75, 3.05) is 11.9 Å². The van der Waals surface area contributed by atoms with Gasteiger partial charge in [-0.1, -0.05) is 17.7 Å². The summed E-state index contributed by atoms with van der Waals surface area (Å²) in [6, 6.07) is 2.95. The van der Waals surface area contributed by atoms with Crippen molar-refractivity contribution < 1.29 is 19.8 Å². The molecule has 1 aromatic rings. The molecule has 0 aliphatic carbocycles. The maximum Gasteiger partial charge on any atom is 0.328 e. The highest BCUT2D eigenvalue weighted by Gasteiger charge is 2.18. The Balaban J connectivity index is 2.70. The maximum atomic E-state index is 11.5. The van der Waals surface area contributed by atoms with Crippen LogP contribution in [0.2, 0.25) is 5.02 Å². The molecule has 7 heteroatoms. The zero-order chi connectivity index (χ0) is 13.7. The first-order valence-electron chi connectivity index (χ1n) is 5.11.